The molecule has 0 N–H and O–H groups in total. The van der Waals surface area contributed by atoms with Crippen LogP contribution >= 0.6 is 0 Å². The van der Waals surface area contributed by atoms with E-state index in [1.807, 2.05) is 0 Å². The van der Waals surface area contributed by atoms with Gasteiger partial charge in [0.2, 0.25) is 11.8 Å². The van der Waals surface area contributed by atoms with Crippen molar-refractivity contribution >= 4 is 5.91 Å². The molecular formula is C24H27F4N7O2. The number of oxazole rings is 1. The molecule has 0 bridgehead atoms. The van der Waals surface area contributed by atoms with Gasteiger partial charge in [0.25, 0.3) is 0 Å². The van der Waals surface area contributed by atoms with Crippen LogP contribution in [0.5, 0.6) is 0 Å². The van der Waals surface area contributed by atoms with Crippen LogP contribution in [0.15, 0.2) is 59.3 Å². The van der Waals surface area contributed by atoms with Crippen LogP contribution in [0, 0.1) is 18.8 Å². The number of carbonyl (C=O) groups excluding carboxylic acids is 1. The lowest BCUT2D eigenvalue weighted by molar-refractivity contribution is -0.129. The van der Waals surface area contributed by atoms with Gasteiger partial charge in [0.15, 0.2) is 12.5 Å². The molecule has 2 aliphatic rings. The van der Waals surface area contributed by atoms with Gasteiger partial charge in [0.1, 0.15) is 6.26 Å². The van der Waals surface area contributed by atoms with Crippen LogP contribution in [0.4, 0.5) is 17.6 Å². The summed E-state index contributed by atoms with van der Waals surface area (Å²) in [6.45, 7) is 6.71. The van der Waals surface area contributed by atoms with Crippen molar-refractivity contribution < 1.29 is 26.8 Å². The van der Waals surface area contributed by atoms with E-state index < -0.39 is 30.3 Å². The van der Waals surface area contributed by atoms with E-state index >= 15 is 0 Å². The molecule has 1 saturated heterocycles. The molecule has 0 saturated carbocycles. The predicted octanol–water partition coefficient (Wildman–Crippen LogP) is 3.19. The maximum Gasteiger partial charge on any atom is 0.416 e. The maximum atomic E-state index is 13.3. The van der Waals surface area contributed by atoms with E-state index in [0.29, 0.717) is 37.7 Å². The fourth-order valence-electron chi connectivity index (χ4n) is 4.40. The molecule has 37 heavy (non-hydrogen) atoms. The van der Waals surface area contributed by atoms with Gasteiger partial charge in [-0.1, -0.05) is 30.4 Å². The van der Waals surface area contributed by atoms with Gasteiger partial charge in [0, 0.05) is 38.0 Å². The number of tetrazole rings is 1. The summed E-state index contributed by atoms with van der Waals surface area (Å²) in [4.78, 5) is 22.1. The molecule has 0 spiro atoms. The Morgan fingerprint density at radius 3 is 2.78 bits per heavy atom. The first kappa shape index (κ1) is 26.5. The second-order valence-electron chi connectivity index (χ2n) is 8.91. The topological polar surface area (TPSA) is 93.2 Å². The highest BCUT2D eigenvalue weighted by Crippen LogP contribution is 2.34. The Bertz CT molecular complexity index is 1200. The van der Waals surface area contributed by atoms with Crippen molar-refractivity contribution in [3.63, 3.8) is 0 Å². The number of piperazine rings is 1. The summed E-state index contributed by atoms with van der Waals surface area (Å²) in [5.41, 5.74) is -0.146. The van der Waals surface area contributed by atoms with Gasteiger partial charge in [-0.2, -0.15) is 18.0 Å². The number of amides is 1. The summed E-state index contributed by atoms with van der Waals surface area (Å²) in [7, 11) is 0. The number of alkyl halides is 4. The number of rotatable bonds is 8. The molecule has 9 nitrogen and oxygen atoms in total. The third-order valence-electron chi connectivity index (χ3n) is 6.26. The van der Waals surface area contributed by atoms with Crippen molar-refractivity contribution in [3.8, 4) is 0 Å². The Morgan fingerprint density at radius 2 is 2.14 bits per heavy atom. The normalized spacial score (nSPS) is 23.0. The molecule has 3 atom stereocenters. The minimum atomic E-state index is -4.48. The number of carbonyl (C=O) groups is 1. The first-order chi connectivity index (χ1) is 17.7. The number of halogens is 4. The third-order valence-corrected chi connectivity index (χ3v) is 6.26. The minimum absolute atomic E-state index is 0.0243. The lowest BCUT2D eigenvalue weighted by atomic mass is 9.85. The second-order valence-corrected chi connectivity index (χ2v) is 8.91. The largest absolute Gasteiger partial charge is 0.446 e. The Hall–Kier alpha value is -3.61. The molecule has 1 amide bonds. The fraction of sp³-hybridized carbons (Fsp3) is 0.458. The van der Waals surface area contributed by atoms with E-state index in [1.54, 1.807) is 24.0 Å². The number of nitrogens with zero attached hydrogens (tertiary/aromatic N) is 7. The van der Waals surface area contributed by atoms with Crippen LogP contribution in [-0.4, -0.2) is 72.8 Å². The van der Waals surface area contributed by atoms with E-state index in [2.05, 4.69) is 31.9 Å². The molecular weight excluding hydrogens is 494 g/mol. The molecule has 2 aromatic rings. The van der Waals surface area contributed by atoms with Gasteiger partial charge in [-0.3, -0.25) is 9.69 Å². The van der Waals surface area contributed by atoms with Gasteiger partial charge in [-0.15, -0.1) is 16.8 Å². The smallest absolute Gasteiger partial charge is 0.416 e. The van der Waals surface area contributed by atoms with E-state index in [-0.39, 0.29) is 24.4 Å². The third kappa shape index (κ3) is 6.59. The van der Waals surface area contributed by atoms with Crippen molar-refractivity contribution in [2.24, 2.45) is 11.8 Å². The van der Waals surface area contributed by atoms with Gasteiger partial charge >= 0.3 is 6.18 Å². The Kier molecular flexibility index (Phi) is 8.00. The molecule has 0 radical (unpaired) electrons. The number of allylic oxidation sites excluding steroid dienone is 5. The number of aryl methyl sites for hydroxylation is 1. The van der Waals surface area contributed by atoms with Crippen LogP contribution in [-0.2, 0) is 24.6 Å². The standard InChI is InChI=1S/C24H27F4N7O2/c1-3-21-14-33(13-20-15-37-22(11-25)29-20)8-9-34(21)23(36)7-5-17-4-6-19(24(26,27)28)10-18(17)12-35-31-16(2)30-32-35/h3-7,10,15,17-18,21H,1,8-9,11-14H2,2H3/b7-5+/t17?,18?,21-/m1/s1. The van der Waals surface area contributed by atoms with Crippen molar-refractivity contribution in [3.05, 3.63) is 72.3 Å². The molecule has 3 heterocycles. The molecule has 2 aromatic heterocycles. The molecule has 198 valence electrons. The summed E-state index contributed by atoms with van der Waals surface area (Å²) < 4.78 is 57.7. The van der Waals surface area contributed by atoms with Crippen LogP contribution in [0.3, 0.4) is 0 Å². The van der Waals surface area contributed by atoms with E-state index in [1.165, 1.54) is 23.2 Å². The summed E-state index contributed by atoms with van der Waals surface area (Å²) in [6.07, 6.45) is 5.22. The first-order valence-electron chi connectivity index (χ1n) is 11.7. The Labute approximate surface area is 210 Å². The molecule has 1 aliphatic carbocycles. The Balaban J connectivity index is 1.42. The van der Waals surface area contributed by atoms with Gasteiger partial charge in [-0.25, -0.2) is 9.37 Å². The van der Waals surface area contributed by atoms with Crippen LogP contribution in [0.2, 0.25) is 0 Å². The quantitative estimate of drug-likeness (QED) is 0.299. The van der Waals surface area contributed by atoms with E-state index in [4.69, 9.17) is 4.42 Å². The molecule has 2 unspecified atom stereocenters. The Morgan fingerprint density at radius 1 is 1.32 bits per heavy atom. The van der Waals surface area contributed by atoms with Crippen molar-refractivity contribution in [2.45, 2.75) is 38.9 Å². The molecule has 1 fully saturated rings. The highest BCUT2D eigenvalue weighted by atomic mass is 19.4. The zero-order valence-corrected chi connectivity index (χ0v) is 20.2. The zero-order chi connectivity index (χ0) is 26.6. The van der Waals surface area contributed by atoms with Crippen molar-refractivity contribution in [1.29, 1.82) is 0 Å². The van der Waals surface area contributed by atoms with Gasteiger partial charge in [0.05, 0.1) is 23.9 Å². The van der Waals surface area contributed by atoms with Gasteiger partial charge < -0.3 is 9.32 Å². The van der Waals surface area contributed by atoms with Crippen molar-refractivity contribution in [1.82, 2.24) is 35.0 Å². The molecule has 1 aliphatic heterocycles. The average molecular weight is 522 g/mol. The number of aromatic nitrogens is 5. The predicted molar refractivity (Wildman–Crippen MR) is 124 cm³/mol. The lowest BCUT2D eigenvalue weighted by Gasteiger charge is -2.39. The van der Waals surface area contributed by atoms with Crippen molar-refractivity contribution in [2.75, 3.05) is 19.6 Å². The average Bonchev–Trinajstić information content (AvgIpc) is 3.50. The first-order valence-corrected chi connectivity index (χ1v) is 11.7. The maximum absolute atomic E-state index is 13.3. The van der Waals surface area contributed by atoms with Gasteiger partial charge in [-0.05, 0) is 18.2 Å². The minimum Gasteiger partial charge on any atom is -0.446 e. The summed E-state index contributed by atoms with van der Waals surface area (Å²) >= 11 is 0. The zero-order valence-electron chi connectivity index (χ0n) is 20.2. The summed E-state index contributed by atoms with van der Waals surface area (Å²) in [6, 6.07) is -0.282. The molecule has 13 heteroatoms. The number of hydrogen-bond donors (Lipinski definition) is 0. The monoisotopic (exact) mass is 521 g/mol. The van der Waals surface area contributed by atoms with E-state index in [9.17, 15) is 22.4 Å². The SMILES string of the molecule is C=C[C@@H]1CN(Cc2coc(CF)n2)CCN1C(=O)/C=C/C1C=CC(C(F)(F)F)=CC1Cn1nnc(C)n1. The summed E-state index contributed by atoms with van der Waals surface area (Å²) in [5, 5.41) is 11.7. The highest BCUT2D eigenvalue weighted by molar-refractivity contribution is 5.88. The fourth-order valence-corrected chi connectivity index (χ4v) is 4.40. The molecule has 4 rings (SSSR count). The van der Waals surface area contributed by atoms with Crippen LogP contribution in [0.25, 0.3) is 0 Å². The number of hydrogen-bond acceptors (Lipinski definition) is 7. The van der Waals surface area contributed by atoms with Crippen LogP contribution < -0.4 is 0 Å². The van der Waals surface area contributed by atoms with E-state index in [0.717, 1.165) is 12.2 Å². The van der Waals surface area contributed by atoms with Crippen LogP contribution in [0.1, 0.15) is 17.4 Å². The molecule has 0 aromatic carbocycles. The lowest BCUT2D eigenvalue weighted by Crippen LogP contribution is -2.53. The highest BCUT2D eigenvalue weighted by Gasteiger charge is 2.36. The summed E-state index contributed by atoms with van der Waals surface area (Å²) in [5.74, 6) is -0.922. The second kappa shape index (κ2) is 11.2.